The van der Waals surface area contributed by atoms with Crippen molar-refractivity contribution in [1.29, 1.82) is 0 Å². The van der Waals surface area contributed by atoms with Gasteiger partial charge in [-0.05, 0) is 57.0 Å². The van der Waals surface area contributed by atoms with Crippen LogP contribution in [0.2, 0.25) is 5.02 Å². The van der Waals surface area contributed by atoms with Crippen molar-refractivity contribution in [2.45, 2.75) is 65.9 Å². The summed E-state index contributed by atoms with van der Waals surface area (Å²) in [4.78, 5) is 19.0. The molecule has 0 aliphatic carbocycles. The van der Waals surface area contributed by atoms with Crippen LogP contribution in [0, 0.1) is 20.8 Å². The summed E-state index contributed by atoms with van der Waals surface area (Å²) in [6.07, 6.45) is 0.190. The molecule has 2 aliphatic rings. The summed E-state index contributed by atoms with van der Waals surface area (Å²) < 4.78 is 24.9. The van der Waals surface area contributed by atoms with E-state index in [-0.39, 0.29) is 6.61 Å². The van der Waals surface area contributed by atoms with Gasteiger partial charge in [-0.15, -0.1) is 0 Å². The summed E-state index contributed by atoms with van der Waals surface area (Å²) in [5.74, 6) is 3.23. The average molecular weight is 593 g/mol. The topological polar surface area (TPSA) is 101 Å². The zero-order chi connectivity index (χ0) is 29.5. The fourth-order valence-corrected chi connectivity index (χ4v) is 5.75. The Hall–Kier alpha value is -3.76. The Morgan fingerprint density at radius 3 is 2.62 bits per heavy atom. The van der Waals surface area contributed by atoms with Gasteiger partial charge in [0.25, 0.3) is 0 Å². The van der Waals surface area contributed by atoms with E-state index in [1.807, 2.05) is 44.7 Å². The van der Waals surface area contributed by atoms with Crippen molar-refractivity contribution in [3.63, 3.8) is 0 Å². The number of rotatable bonds is 9. The van der Waals surface area contributed by atoms with Gasteiger partial charge in [-0.1, -0.05) is 36.2 Å². The summed E-state index contributed by atoms with van der Waals surface area (Å²) in [6, 6.07) is 9.37. The van der Waals surface area contributed by atoms with Gasteiger partial charge in [-0.2, -0.15) is 0 Å². The Bertz CT molecular complexity index is 1600. The molecule has 220 valence electrons. The number of aliphatic hydroxyl groups excluding tert-OH is 1. The number of fused-ring (bicyclic) bond motifs is 1. The second-order valence-electron chi connectivity index (χ2n) is 11.1. The van der Waals surface area contributed by atoms with Gasteiger partial charge >= 0.3 is 0 Å². The first-order chi connectivity index (χ1) is 20.2. The van der Waals surface area contributed by atoms with Gasteiger partial charge < -0.3 is 24.2 Å². The van der Waals surface area contributed by atoms with Gasteiger partial charge in [-0.25, -0.2) is 19.3 Å². The van der Waals surface area contributed by atoms with Crippen LogP contribution in [0.25, 0.3) is 22.6 Å². The van der Waals surface area contributed by atoms with Crippen molar-refractivity contribution in [1.82, 2.24) is 20.1 Å². The molecule has 0 unspecified atom stereocenters. The molecule has 2 aliphatic heterocycles. The number of halogens is 2. The number of aromatic nitrogens is 4. The molecule has 0 spiro atoms. The zero-order valence-corrected chi connectivity index (χ0v) is 25.0. The Balaban J connectivity index is 1.39. The van der Waals surface area contributed by atoms with Crippen molar-refractivity contribution < 1.29 is 18.8 Å². The normalized spacial score (nSPS) is 15.6. The molecule has 1 atom stereocenters. The number of hydrogen-bond donors (Lipinski definition) is 1. The van der Waals surface area contributed by atoms with Crippen molar-refractivity contribution in [2.75, 3.05) is 29.5 Å². The van der Waals surface area contributed by atoms with Crippen LogP contribution in [0.4, 0.5) is 16.0 Å². The number of aryl methyl sites for hydroxylation is 2. The highest BCUT2D eigenvalue weighted by Gasteiger charge is 2.31. The minimum absolute atomic E-state index is 0.184. The molecule has 42 heavy (non-hydrogen) atoms. The number of benzene rings is 1. The van der Waals surface area contributed by atoms with Gasteiger partial charge in [0.1, 0.15) is 35.9 Å². The SMILES string of the molecule is CCC[C@@H](O)COc1ccc(Cl)c(-c2nc(-c3c(C)noc3C)c(C)c(N3Cc4ccc(N5CC(F)C5)nc4C3)n2)c1. The number of aliphatic hydroxyl groups is 1. The van der Waals surface area contributed by atoms with Crippen LogP contribution in [-0.2, 0) is 13.1 Å². The molecule has 1 fully saturated rings. The van der Waals surface area contributed by atoms with E-state index in [9.17, 15) is 9.50 Å². The molecule has 9 nitrogen and oxygen atoms in total. The predicted octanol–water partition coefficient (Wildman–Crippen LogP) is 5.99. The van der Waals surface area contributed by atoms with Crippen molar-refractivity contribution in [3.05, 3.63) is 63.6 Å². The van der Waals surface area contributed by atoms with E-state index in [4.69, 9.17) is 35.8 Å². The number of ether oxygens (including phenoxy) is 1. The molecular formula is C31H34ClFN6O3. The first-order valence-corrected chi connectivity index (χ1v) is 14.6. The smallest absolute Gasteiger partial charge is 0.163 e. The van der Waals surface area contributed by atoms with Crippen LogP contribution in [0.3, 0.4) is 0 Å². The van der Waals surface area contributed by atoms with E-state index >= 15 is 0 Å². The van der Waals surface area contributed by atoms with Crippen LogP contribution in [0.15, 0.2) is 34.9 Å². The van der Waals surface area contributed by atoms with Crippen LogP contribution in [0.5, 0.6) is 5.75 Å². The third kappa shape index (κ3) is 5.41. The Labute approximate surface area is 249 Å². The monoisotopic (exact) mass is 592 g/mol. The molecule has 1 N–H and O–H groups in total. The molecule has 1 aromatic carbocycles. The number of hydrogen-bond acceptors (Lipinski definition) is 9. The molecule has 1 saturated heterocycles. The lowest BCUT2D eigenvalue weighted by Crippen LogP contribution is -2.48. The van der Waals surface area contributed by atoms with Gasteiger partial charge in [0.05, 0.1) is 53.4 Å². The lowest BCUT2D eigenvalue weighted by atomic mass is 10.0. The maximum Gasteiger partial charge on any atom is 0.163 e. The number of nitrogens with zero attached hydrogens (tertiary/aromatic N) is 6. The quantitative estimate of drug-likeness (QED) is 0.251. The number of pyridine rings is 1. The van der Waals surface area contributed by atoms with Crippen LogP contribution < -0.4 is 14.5 Å². The van der Waals surface area contributed by atoms with E-state index in [1.54, 1.807) is 12.1 Å². The highest BCUT2D eigenvalue weighted by molar-refractivity contribution is 6.33. The van der Waals surface area contributed by atoms with E-state index in [2.05, 4.69) is 16.1 Å². The highest BCUT2D eigenvalue weighted by Crippen LogP contribution is 2.39. The van der Waals surface area contributed by atoms with Crippen molar-refractivity contribution in [3.8, 4) is 28.4 Å². The largest absolute Gasteiger partial charge is 0.491 e. The zero-order valence-electron chi connectivity index (χ0n) is 24.2. The summed E-state index contributed by atoms with van der Waals surface area (Å²) in [7, 11) is 0. The van der Waals surface area contributed by atoms with E-state index < -0.39 is 12.3 Å². The third-order valence-corrected chi connectivity index (χ3v) is 8.18. The Kier molecular flexibility index (Phi) is 7.76. The second-order valence-corrected chi connectivity index (χ2v) is 11.5. The maximum absolute atomic E-state index is 13.5. The first kappa shape index (κ1) is 28.4. The first-order valence-electron chi connectivity index (χ1n) is 14.3. The summed E-state index contributed by atoms with van der Waals surface area (Å²) in [6.45, 7) is 9.91. The van der Waals surface area contributed by atoms with Gasteiger partial charge in [0.15, 0.2) is 5.82 Å². The summed E-state index contributed by atoms with van der Waals surface area (Å²) >= 11 is 6.71. The molecule has 6 rings (SSSR count). The molecule has 5 heterocycles. The molecule has 4 aromatic rings. The van der Waals surface area contributed by atoms with Crippen LogP contribution in [0.1, 0.15) is 48.0 Å². The Morgan fingerprint density at radius 1 is 1.10 bits per heavy atom. The van der Waals surface area contributed by atoms with Crippen molar-refractivity contribution in [2.24, 2.45) is 0 Å². The Morgan fingerprint density at radius 2 is 1.90 bits per heavy atom. The summed E-state index contributed by atoms with van der Waals surface area (Å²) in [5.41, 5.74) is 5.82. The lowest BCUT2D eigenvalue weighted by molar-refractivity contribution is 0.0994. The molecule has 0 amide bonds. The van der Waals surface area contributed by atoms with E-state index in [1.165, 1.54) is 0 Å². The van der Waals surface area contributed by atoms with E-state index in [0.717, 1.165) is 46.1 Å². The maximum atomic E-state index is 13.5. The lowest BCUT2D eigenvalue weighted by Gasteiger charge is -2.35. The minimum atomic E-state index is -0.793. The molecule has 0 radical (unpaired) electrons. The van der Waals surface area contributed by atoms with Crippen LogP contribution >= 0.6 is 11.6 Å². The standard InChI is InChI=1S/C31H34ClFN6O3/c1-5-6-22(40)16-41-23-8-9-25(32)24(11-23)30-35-29(28-18(3)37-42-19(28)4)17(2)31(36-30)39-12-20-7-10-27(34-26(20)15-39)38-13-21(33)14-38/h7-11,21-22,40H,5-6,12-16H2,1-4H3/t22-/m1/s1. The number of anilines is 2. The third-order valence-electron chi connectivity index (χ3n) is 7.85. The molecule has 0 saturated carbocycles. The fraction of sp³-hybridized carbons (Fsp3) is 0.419. The highest BCUT2D eigenvalue weighted by atomic mass is 35.5. The average Bonchev–Trinajstić information content (AvgIpc) is 3.53. The van der Waals surface area contributed by atoms with Gasteiger partial charge in [0, 0.05) is 17.7 Å². The van der Waals surface area contributed by atoms with Crippen LogP contribution in [-0.4, -0.2) is 57.2 Å². The second kappa shape index (κ2) is 11.5. The predicted molar refractivity (Wildman–Crippen MR) is 160 cm³/mol. The fourth-order valence-electron chi connectivity index (χ4n) is 5.55. The van der Waals surface area contributed by atoms with Gasteiger partial charge in [-0.3, -0.25) is 0 Å². The van der Waals surface area contributed by atoms with Gasteiger partial charge in [0.2, 0.25) is 0 Å². The minimum Gasteiger partial charge on any atom is -0.491 e. The molecule has 0 bridgehead atoms. The molecule has 11 heteroatoms. The van der Waals surface area contributed by atoms with E-state index in [0.29, 0.717) is 66.2 Å². The molecule has 3 aromatic heterocycles. The summed E-state index contributed by atoms with van der Waals surface area (Å²) in [5, 5.41) is 14.8. The molecular weight excluding hydrogens is 559 g/mol. The van der Waals surface area contributed by atoms with Crippen molar-refractivity contribution >= 4 is 23.2 Å². The number of alkyl halides is 1.